The number of sulfonamides is 1. The smallest absolute Gasteiger partial charge is 0.240 e. The van der Waals surface area contributed by atoms with Crippen LogP contribution in [0, 0.1) is 12.7 Å². The maximum Gasteiger partial charge on any atom is 0.240 e. The first-order chi connectivity index (χ1) is 9.49. The predicted molar refractivity (Wildman–Crippen MR) is 74.3 cm³/mol. The monoisotopic (exact) mass is 294 g/mol. The van der Waals surface area contributed by atoms with Gasteiger partial charge in [0.05, 0.1) is 4.90 Å². The summed E-state index contributed by atoms with van der Waals surface area (Å²) in [5.41, 5.74) is 1.34. The molecule has 0 aliphatic heterocycles. The van der Waals surface area contributed by atoms with Gasteiger partial charge in [0, 0.05) is 18.9 Å². The molecule has 0 unspecified atom stereocenters. The second-order valence-corrected chi connectivity index (χ2v) is 6.15. The molecule has 0 fully saturated rings. The summed E-state index contributed by atoms with van der Waals surface area (Å²) in [5, 5.41) is 0. The first-order valence-electron chi connectivity index (χ1n) is 6.14. The molecule has 2 rings (SSSR count). The molecule has 0 radical (unpaired) electrons. The Hall–Kier alpha value is -1.79. The van der Waals surface area contributed by atoms with Gasteiger partial charge in [0.25, 0.3) is 0 Å². The lowest BCUT2D eigenvalue weighted by molar-refractivity contribution is 0.579. The van der Waals surface area contributed by atoms with Crippen LogP contribution in [0.2, 0.25) is 0 Å². The minimum Gasteiger partial charge on any atom is -0.264 e. The molecule has 0 bridgehead atoms. The number of aryl methyl sites for hydroxylation is 1. The highest BCUT2D eigenvalue weighted by Gasteiger charge is 2.16. The van der Waals surface area contributed by atoms with E-state index in [9.17, 15) is 12.8 Å². The van der Waals surface area contributed by atoms with E-state index in [-0.39, 0.29) is 11.4 Å². The number of hydrogen-bond acceptors (Lipinski definition) is 3. The number of nitrogens with one attached hydrogen (secondary N) is 1. The number of halogens is 1. The van der Waals surface area contributed by atoms with Crippen molar-refractivity contribution in [3.8, 4) is 0 Å². The second kappa shape index (κ2) is 6.11. The van der Waals surface area contributed by atoms with E-state index >= 15 is 0 Å². The number of aromatic nitrogens is 1. The fourth-order valence-corrected chi connectivity index (χ4v) is 3.12. The Morgan fingerprint density at radius 1 is 1.30 bits per heavy atom. The molecule has 1 N–H and O–H groups in total. The molecule has 20 heavy (non-hydrogen) atoms. The van der Waals surface area contributed by atoms with E-state index in [1.165, 1.54) is 12.1 Å². The molecule has 4 nitrogen and oxygen atoms in total. The number of hydrogen-bond donors (Lipinski definition) is 1. The highest BCUT2D eigenvalue weighted by molar-refractivity contribution is 7.89. The third kappa shape index (κ3) is 3.61. The molecule has 0 amide bonds. The molecular formula is C14H15FN2O2S. The van der Waals surface area contributed by atoms with E-state index in [2.05, 4.69) is 9.71 Å². The van der Waals surface area contributed by atoms with Crippen LogP contribution < -0.4 is 4.72 Å². The standard InChI is InChI=1S/C14H15FN2O2S/c1-11-9-13(15)4-5-14(11)20(18,19)17-8-6-12-3-2-7-16-10-12/h2-5,7,9-10,17H,6,8H2,1H3. The van der Waals surface area contributed by atoms with Crippen molar-refractivity contribution < 1.29 is 12.8 Å². The van der Waals surface area contributed by atoms with Gasteiger partial charge in [-0.25, -0.2) is 17.5 Å². The first kappa shape index (κ1) is 14.6. The van der Waals surface area contributed by atoms with E-state index in [0.717, 1.165) is 11.6 Å². The van der Waals surface area contributed by atoms with Crippen molar-refractivity contribution in [2.45, 2.75) is 18.2 Å². The van der Waals surface area contributed by atoms with Gasteiger partial charge in [-0.05, 0) is 48.7 Å². The molecule has 2 aromatic rings. The van der Waals surface area contributed by atoms with Gasteiger partial charge in [0.2, 0.25) is 10.0 Å². The highest BCUT2D eigenvalue weighted by Crippen LogP contribution is 2.15. The van der Waals surface area contributed by atoms with Crippen molar-refractivity contribution in [2.24, 2.45) is 0 Å². The number of nitrogens with zero attached hydrogens (tertiary/aromatic N) is 1. The molecule has 1 aromatic heterocycles. The average Bonchev–Trinajstić information content (AvgIpc) is 2.39. The number of pyridine rings is 1. The molecule has 1 aromatic carbocycles. The van der Waals surface area contributed by atoms with Gasteiger partial charge in [-0.3, -0.25) is 4.98 Å². The largest absolute Gasteiger partial charge is 0.264 e. The van der Waals surface area contributed by atoms with Crippen LogP contribution in [0.4, 0.5) is 4.39 Å². The normalized spacial score (nSPS) is 11.5. The Bertz CT molecular complexity index is 688. The van der Waals surface area contributed by atoms with E-state index in [4.69, 9.17) is 0 Å². The summed E-state index contributed by atoms with van der Waals surface area (Å²) in [6, 6.07) is 7.30. The third-order valence-electron chi connectivity index (χ3n) is 2.86. The molecule has 0 atom stereocenters. The third-order valence-corrected chi connectivity index (χ3v) is 4.48. The minimum atomic E-state index is -3.61. The van der Waals surface area contributed by atoms with Crippen molar-refractivity contribution in [1.29, 1.82) is 0 Å². The van der Waals surface area contributed by atoms with Gasteiger partial charge in [-0.1, -0.05) is 6.07 Å². The number of benzene rings is 1. The highest BCUT2D eigenvalue weighted by atomic mass is 32.2. The van der Waals surface area contributed by atoms with Crippen molar-refractivity contribution in [3.63, 3.8) is 0 Å². The molecule has 0 spiro atoms. The van der Waals surface area contributed by atoms with Crippen LogP contribution in [-0.2, 0) is 16.4 Å². The van der Waals surface area contributed by atoms with Gasteiger partial charge in [-0.2, -0.15) is 0 Å². The lowest BCUT2D eigenvalue weighted by Gasteiger charge is -2.09. The van der Waals surface area contributed by atoms with Gasteiger partial charge < -0.3 is 0 Å². The zero-order valence-corrected chi connectivity index (χ0v) is 11.8. The van der Waals surface area contributed by atoms with Crippen molar-refractivity contribution >= 4 is 10.0 Å². The van der Waals surface area contributed by atoms with Crippen molar-refractivity contribution in [3.05, 3.63) is 59.7 Å². The quantitative estimate of drug-likeness (QED) is 0.918. The van der Waals surface area contributed by atoms with Gasteiger partial charge in [0.1, 0.15) is 5.82 Å². The molecule has 0 aliphatic rings. The SMILES string of the molecule is Cc1cc(F)ccc1S(=O)(=O)NCCc1cccnc1. The topological polar surface area (TPSA) is 59.1 Å². The van der Waals surface area contributed by atoms with Crippen LogP contribution in [0.25, 0.3) is 0 Å². The van der Waals surface area contributed by atoms with Gasteiger partial charge >= 0.3 is 0 Å². The number of rotatable bonds is 5. The molecule has 6 heteroatoms. The summed E-state index contributed by atoms with van der Waals surface area (Å²) in [6.45, 7) is 1.84. The van der Waals surface area contributed by atoms with E-state index in [1.54, 1.807) is 25.4 Å². The maximum absolute atomic E-state index is 13.0. The van der Waals surface area contributed by atoms with Crippen LogP contribution >= 0.6 is 0 Å². The Morgan fingerprint density at radius 2 is 2.10 bits per heavy atom. The molecule has 0 saturated carbocycles. The zero-order valence-electron chi connectivity index (χ0n) is 11.0. The Morgan fingerprint density at radius 3 is 2.75 bits per heavy atom. The van der Waals surface area contributed by atoms with Crippen molar-refractivity contribution in [2.75, 3.05) is 6.54 Å². The Balaban J connectivity index is 2.04. The molecule has 1 heterocycles. The maximum atomic E-state index is 13.0. The average molecular weight is 294 g/mol. The Kier molecular flexibility index (Phi) is 4.46. The fraction of sp³-hybridized carbons (Fsp3) is 0.214. The van der Waals surface area contributed by atoms with Crippen LogP contribution in [0.15, 0.2) is 47.6 Å². The predicted octanol–water partition coefficient (Wildman–Crippen LogP) is 2.05. The summed E-state index contributed by atoms with van der Waals surface area (Å²) >= 11 is 0. The van der Waals surface area contributed by atoms with E-state index in [0.29, 0.717) is 12.0 Å². The fourth-order valence-electron chi connectivity index (χ4n) is 1.87. The summed E-state index contributed by atoms with van der Waals surface area (Å²) in [4.78, 5) is 4.06. The van der Waals surface area contributed by atoms with Gasteiger partial charge in [-0.15, -0.1) is 0 Å². The Labute approximate surface area is 117 Å². The van der Waals surface area contributed by atoms with E-state index < -0.39 is 15.8 Å². The summed E-state index contributed by atoms with van der Waals surface area (Å²) in [5.74, 6) is -0.447. The van der Waals surface area contributed by atoms with E-state index in [1.807, 2.05) is 6.07 Å². The second-order valence-electron chi connectivity index (χ2n) is 4.42. The lowest BCUT2D eigenvalue weighted by atomic mass is 10.2. The van der Waals surface area contributed by atoms with Crippen LogP contribution in [-0.4, -0.2) is 19.9 Å². The summed E-state index contributed by atoms with van der Waals surface area (Å²) < 4.78 is 39.7. The molecular weight excluding hydrogens is 279 g/mol. The molecule has 0 saturated heterocycles. The summed E-state index contributed by atoms with van der Waals surface area (Å²) in [6.07, 6.45) is 3.90. The zero-order chi connectivity index (χ0) is 14.6. The van der Waals surface area contributed by atoms with Crippen molar-refractivity contribution in [1.82, 2.24) is 9.71 Å². The van der Waals surface area contributed by atoms with Gasteiger partial charge in [0.15, 0.2) is 0 Å². The minimum absolute atomic E-state index is 0.102. The first-order valence-corrected chi connectivity index (χ1v) is 7.62. The summed E-state index contributed by atoms with van der Waals surface area (Å²) in [7, 11) is -3.61. The van der Waals surface area contributed by atoms with Crippen LogP contribution in [0.5, 0.6) is 0 Å². The lowest BCUT2D eigenvalue weighted by Crippen LogP contribution is -2.26. The van der Waals surface area contributed by atoms with Crippen LogP contribution in [0.3, 0.4) is 0 Å². The molecule has 0 aliphatic carbocycles. The molecule has 106 valence electrons. The van der Waals surface area contributed by atoms with Crippen LogP contribution in [0.1, 0.15) is 11.1 Å².